The van der Waals surface area contributed by atoms with Gasteiger partial charge in [0.05, 0.1) is 7.11 Å². The topological polar surface area (TPSA) is 45.9 Å². The molecule has 0 atom stereocenters. The number of nitrogens with zero attached hydrogens (tertiary/aromatic N) is 2. The molecule has 0 saturated heterocycles. The molecule has 84 valence electrons. The highest BCUT2D eigenvalue weighted by Gasteiger charge is 2.06. The molecule has 1 heterocycles. The summed E-state index contributed by atoms with van der Waals surface area (Å²) in [6.07, 6.45) is 1.63. The molecule has 2 rings (SSSR count). The van der Waals surface area contributed by atoms with Crippen LogP contribution in [0.1, 0.15) is 5.69 Å². The monoisotopic (exact) mass is 244 g/mol. The van der Waals surface area contributed by atoms with Crippen LogP contribution in [-0.2, 0) is 0 Å². The van der Waals surface area contributed by atoms with Crippen LogP contribution in [0.25, 0.3) is 11.1 Å². The van der Waals surface area contributed by atoms with Crippen molar-refractivity contribution >= 4 is 11.6 Å². The van der Waals surface area contributed by atoms with Gasteiger partial charge in [0.15, 0.2) is 11.4 Å². The van der Waals surface area contributed by atoms with Crippen LogP contribution in [0.15, 0.2) is 36.5 Å². The van der Waals surface area contributed by atoms with Crippen molar-refractivity contribution in [3.05, 3.63) is 47.2 Å². The van der Waals surface area contributed by atoms with Gasteiger partial charge in [-0.05, 0) is 23.8 Å². The lowest BCUT2D eigenvalue weighted by Gasteiger charge is -2.06. The summed E-state index contributed by atoms with van der Waals surface area (Å²) in [5.74, 6) is 0.463. The molecule has 0 radical (unpaired) electrons. The van der Waals surface area contributed by atoms with Gasteiger partial charge in [-0.2, -0.15) is 5.26 Å². The van der Waals surface area contributed by atoms with Gasteiger partial charge in [0.2, 0.25) is 0 Å². The predicted octanol–water partition coefficient (Wildman–Crippen LogP) is 3.28. The van der Waals surface area contributed by atoms with Crippen molar-refractivity contribution in [1.29, 1.82) is 5.26 Å². The Labute approximate surface area is 104 Å². The summed E-state index contributed by atoms with van der Waals surface area (Å²) in [4.78, 5) is 4.04. The van der Waals surface area contributed by atoms with E-state index in [0.29, 0.717) is 10.8 Å². The maximum atomic E-state index is 8.84. The highest BCUT2D eigenvalue weighted by atomic mass is 35.5. The van der Waals surface area contributed by atoms with Crippen LogP contribution in [-0.4, -0.2) is 12.1 Å². The van der Waals surface area contributed by atoms with Crippen molar-refractivity contribution in [2.45, 2.75) is 0 Å². The molecule has 1 aromatic heterocycles. The molecule has 0 unspecified atom stereocenters. The van der Waals surface area contributed by atoms with Crippen molar-refractivity contribution in [1.82, 2.24) is 4.98 Å². The van der Waals surface area contributed by atoms with E-state index < -0.39 is 0 Å². The SMILES string of the molecule is COc1cc(-c2cccc(Cl)c2)cnc1C#N. The van der Waals surface area contributed by atoms with Crippen LogP contribution in [0.4, 0.5) is 0 Å². The summed E-state index contributed by atoms with van der Waals surface area (Å²) in [6.45, 7) is 0. The lowest BCUT2D eigenvalue weighted by Crippen LogP contribution is -1.92. The van der Waals surface area contributed by atoms with E-state index in [9.17, 15) is 0 Å². The summed E-state index contributed by atoms with van der Waals surface area (Å²) >= 11 is 5.92. The Bertz CT molecular complexity index is 590. The number of nitriles is 1. The molecular formula is C13H9ClN2O. The van der Waals surface area contributed by atoms with E-state index >= 15 is 0 Å². The summed E-state index contributed by atoms with van der Waals surface area (Å²) < 4.78 is 5.11. The van der Waals surface area contributed by atoms with Gasteiger partial charge in [0.1, 0.15) is 6.07 Å². The van der Waals surface area contributed by atoms with Gasteiger partial charge in [-0.25, -0.2) is 4.98 Å². The minimum atomic E-state index is 0.276. The second-order valence-corrected chi connectivity index (χ2v) is 3.83. The summed E-state index contributed by atoms with van der Waals surface area (Å²) in [5.41, 5.74) is 2.08. The van der Waals surface area contributed by atoms with E-state index in [2.05, 4.69) is 4.98 Å². The average Bonchev–Trinajstić information content (AvgIpc) is 2.38. The molecule has 1 aromatic carbocycles. The third-order valence-corrected chi connectivity index (χ3v) is 2.57. The molecule has 2 aromatic rings. The van der Waals surface area contributed by atoms with Crippen molar-refractivity contribution in [2.24, 2.45) is 0 Å². The third kappa shape index (κ3) is 2.38. The number of pyridine rings is 1. The molecule has 0 aliphatic rings. The summed E-state index contributed by atoms with van der Waals surface area (Å²) in [5, 5.41) is 9.50. The fourth-order valence-corrected chi connectivity index (χ4v) is 1.70. The second kappa shape index (κ2) is 4.86. The molecule has 0 fully saturated rings. The quantitative estimate of drug-likeness (QED) is 0.814. The molecule has 0 N–H and O–H groups in total. The van der Waals surface area contributed by atoms with Gasteiger partial charge < -0.3 is 4.74 Å². The second-order valence-electron chi connectivity index (χ2n) is 3.40. The largest absolute Gasteiger partial charge is 0.494 e. The lowest BCUT2D eigenvalue weighted by molar-refractivity contribution is 0.411. The Morgan fingerprint density at radius 2 is 2.12 bits per heavy atom. The number of methoxy groups -OCH3 is 1. The zero-order chi connectivity index (χ0) is 12.3. The van der Waals surface area contributed by atoms with E-state index in [1.165, 1.54) is 7.11 Å². The zero-order valence-corrected chi connectivity index (χ0v) is 9.90. The first kappa shape index (κ1) is 11.4. The minimum Gasteiger partial charge on any atom is -0.494 e. The first-order valence-corrected chi connectivity index (χ1v) is 5.32. The molecule has 0 spiro atoms. The fourth-order valence-electron chi connectivity index (χ4n) is 1.51. The number of ether oxygens (including phenoxy) is 1. The number of hydrogen-bond acceptors (Lipinski definition) is 3. The van der Waals surface area contributed by atoms with Crippen molar-refractivity contribution in [3.63, 3.8) is 0 Å². The highest BCUT2D eigenvalue weighted by Crippen LogP contribution is 2.26. The normalized spacial score (nSPS) is 9.71. The van der Waals surface area contributed by atoms with Crippen LogP contribution in [0.3, 0.4) is 0 Å². The van der Waals surface area contributed by atoms with Gasteiger partial charge in [-0.3, -0.25) is 0 Å². The highest BCUT2D eigenvalue weighted by molar-refractivity contribution is 6.30. The molecule has 0 aliphatic carbocycles. The molecule has 4 heteroatoms. The van der Waals surface area contributed by atoms with Gasteiger partial charge in [0, 0.05) is 16.8 Å². The fraction of sp³-hybridized carbons (Fsp3) is 0.0769. The summed E-state index contributed by atoms with van der Waals surface area (Å²) in [6, 6.07) is 11.2. The van der Waals surface area contributed by atoms with E-state index in [1.54, 1.807) is 18.3 Å². The van der Waals surface area contributed by atoms with E-state index in [4.69, 9.17) is 21.6 Å². The zero-order valence-electron chi connectivity index (χ0n) is 9.14. The minimum absolute atomic E-state index is 0.276. The number of aromatic nitrogens is 1. The molecule has 0 saturated carbocycles. The Morgan fingerprint density at radius 1 is 1.29 bits per heavy atom. The molecule has 0 amide bonds. The van der Waals surface area contributed by atoms with E-state index in [1.807, 2.05) is 24.3 Å². The van der Waals surface area contributed by atoms with Crippen LogP contribution in [0, 0.1) is 11.3 Å². The third-order valence-electron chi connectivity index (χ3n) is 2.34. The molecule has 0 aliphatic heterocycles. The maximum absolute atomic E-state index is 8.84. The standard InChI is InChI=1S/C13H9ClN2O/c1-17-13-6-10(8-16-12(13)7-15)9-3-2-4-11(14)5-9/h2-6,8H,1H3. The number of rotatable bonds is 2. The van der Waals surface area contributed by atoms with Gasteiger partial charge >= 0.3 is 0 Å². The van der Waals surface area contributed by atoms with Gasteiger partial charge in [0.25, 0.3) is 0 Å². The molecule has 0 bridgehead atoms. The van der Waals surface area contributed by atoms with Crippen molar-refractivity contribution < 1.29 is 4.74 Å². The Hall–Kier alpha value is -2.05. The Balaban J connectivity index is 2.51. The molecule has 3 nitrogen and oxygen atoms in total. The lowest BCUT2D eigenvalue weighted by atomic mass is 10.1. The van der Waals surface area contributed by atoms with Crippen LogP contribution < -0.4 is 4.74 Å². The summed E-state index contributed by atoms with van der Waals surface area (Å²) in [7, 11) is 1.51. The van der Waals surface area contributed by atoms with Crippen LogP contribution in [0.2, 0.25) is 5.02 Å². The number of benzene rings is 1. The number of hydrogen-bond donors (Lipinski definition) is 0. The van der Waals surface area contributed by atoms with Crippen LogP contribution >= 0.6 is 11.6 Å². The van der Waals surface area contributed by atoms with E-state index in [-0.39, 0.29) is 5.69 Å². The first-order valence-electron chi connectivity index (χ1n) is 4.94. The number of halogens is 1. The first-order chi connectivity index (χ1) is 8.24. The van der Waals surface area contributed by atoms with Crippen LogP contribution in [0.5, 0.6) is 5.75 Å². The Morgan fingerprint density at radius 3 is 2.76 bits per heavy atom. The van der Waals surface area contributed by atoms with E-state index in [0.717, 1.165) is 11.1 Å². The Kier molecular flexibility index (Phi) is 3.27. The smallest absolute Gasteiger partial charge is 0.182 e. The molecular weight excluding hydrogens is 236 g/mol. The van der Waals surface area contributed by atoms with Gasteiger partial charge in [-0.15, -0.1) is 0 Å². The van der Waals surface area contributed by atoms with Crippen molar-refractivity contribution in [2.75, 3.05) is 7.11 Å². The molecule has 17 heavy (non-hydrogen) atoms. The average molecular weight is 245 g/mol. The maximum Gasteiger partial charge on any atom is 0.182 e. The van der Waals surface area contributed by atoms with Crippen molar-refractivity contribution in [3.8, 4) is 22.9 Å². The predicted molar refractivity (Wildman–Crippen MR) is 66.0 cm³/mol. The van der Waals surface area contributed by atoms with Gasteiger partial charge in [-0.1, -0.05) is 23.7 Å².